The molecule has 2 amide bonds. The topological polar surface area (TPSA) is 80.9 Å². The zero-order valence-electron chi connectivity index (χ0n) is 7.27. The highest BCUT2D eigenvalue weighted by atomic mass is 16.2. The van der Waals surface area contributed by atoms with E-state index in [1.807, 2.05) is 6.07 Å². The fraction of sp³-hybridized carbons (Fsp3) is 0. The molecule has 0 saturated carbocycles. The number of nitrogens with two attached hydrogens (primary N) is 1. The van der Waals surface area contributed by atoms with Gasteiger partial charge in [-0.25, -0.2) is 14.8 Å². The maximum absolute atomic E-state index is 10.7. The molecule has 0 spiro atoms. The Labute approximate surface area is 80.0 Å². The third kappa shape index (κ3) is 1.47. The fourth-order valence-corrected chi connectivity index (χ4v) is 1.22. The van der Waals surface area contributed by atoms with Crippen LogP contribution >= 0.6 is 0 Å². The lowest BCUT2D eigenvalue weighted by Crippen LogP contribution is -2.19. The first-order chi connectivity index (χ1) is 6.77. The van der Waals surface area contributed by atoms with Gasteiger partial charge in [0.25, 0.3) is 0 Å². The molecule has 14 heavy (non-hydrogen) atoms. The van der Waals surface area contributed by atoms with E-state index in [0.717, 1.165) is 5.39 Å². The number of rotatable bonds is 1. The molecule has 2 rings (SSSR count). The highest BCUT2D eigenvalue weighted by molar-refractivity contribution is 5.98. The van der Waals surface area contributed by atoms with Crippen molar-refractivity contribution in [2.75, 3.05) is 5.32 Å². The third-order valence-electron chi connectivity index (χ3n) is 1.77. The van der Waals surface area contributed by atoms with Crippen molar-refractivity contribution < 1.29 is 4.79 Å². The molecule has 0 fully saturated rings. The number of aromatic nitrogens is 2. The number of carbonyl (C=O) groups excluding carboxylic acids is 1. The zero-order valence-corrected chi connectivity index (χ0v) is 7.27. The van der Waals surface area contributed by atoms with Gasteiger partial charge in [-0.05, 0) is 18.2 Å². The normalized spacial score (nSPS) is 10.0. The Morgan fingerprint density at radius 1 is 1.29 bits per heavy atom. The summed E-state index contributed by atoms with van der Waals surface area (Å²) >= 11 is 0. The number of nitrogens with one attached hydrogen (secondary N) is 1. The highest BCUT2D eigenvalue weighted by Crippen LogP contribution is 2.18. The summed E-state index contributed by atoms with van der Waals surface area (Å²) in [4.78, 5) is 18.8. The first kappa shape index (κ1) is 8.43. The minimum absolute atomic E-state index is 0.582. The van der Waals surface area contributed by atoms with E-state index in [0.29, 0.717) is 11.3 Å². The maximum atomic E-state index is 10.7. The molecule has 0 atom stereocenters. The summed E-state index contributed by atoms with van der Waals surface area (Å²) in [6.45, 7) is 0. The number of carbonyl (C=O) groups is 1. The average molecular weight is 188 g/mol. The molecule has 5 nitrogen and oxygen atoms in total. The molecule has 0 bridgehead atoms. The van der Waals surface area contributed by atoms with E-state index in [-0.39, 0.29) is 0 Å². The van der Waals surface area contributed by atoms with E-state index >= 15 is 0 Å². The van der Waals surface area contributed by atoms with E-state index in [4.69, 9.17) is 5.73 Å². The van der Waals surface area contributed by atoms with Crippen LogP contribution in [-0.2, 0) is 0 Å². The van der Waals surface area contributed by atoms with Gasteiger partial charge in [0.05, 0.1) is 5.69 Å². The van der Waals surface area contributed by atoms with Gasteiger partial charge >= 0.3 is 6.03 Å². The van der Waals surface area contributed by atoms with Crippen LogP contribution in [0.2, 0.25) is 0 Å². The second-order valence-electron chi connectivity index (χ2n) is 2.72. The lowest BCUT2D eigenvalue weighted by Gasteiger charge is -2.04. The van der Waals surface area contributed by atoms with Crippen LogP contribution in [0.4, 0.5) is 10.5 Å². The summed E-state index contributed by atoms with van der Waals surface area (Å²) in [6.07, 6.45) is 3.21. The number of nitrogens with zero attached hydrogens (tertiary/aromatic N) is 2. The molecule has 0 saturated heterocycles. The van der Waals surface area contributed by atoms with Crippen molar-refractivity contribution >= 4 is 22.8 Å². The standard InChI is InChI=1S/C9H8N4O/c10-9(14)13-7-3-5-12-8-6(7)2-1-4-11-8/h1-5H,(H3,10,11,12,13,14). The summed E-state index contributed by atoms with van der Waals surface area (Å²) in [5, 5.41) is 3.28. The molecule has 0 radical (unpaired) electrons. The summed E-state index contributed by atoms with van der Waals surface area (Å²) in [7, 11) is 0. The largest absolute Gasteiger partial charge is 0.351 e. The lowest BCUT2D eigenvalue weighted by molar-refractivity contribution is 0.259. The number of anilines is 1. The maximum Gasteiger partial charge on any atom is 0.316 e. The van der Waals surface area contributed by atoms with Crippen LogP contribution in [0.5, 0.6) is 0 Å². The molecule has 0 aromatic carbocycles. The highest BCUT2D eigenvalue weighted by Gasteiger charge is 2.02. The summed E-state index contributed by atoms with van der Waals surface area (Å²) in [6, 6.07) is 4.67. The van der Waals surface area contributed by atoms with Gasteiger partial charge in [-0.2, -0.15) is 0 Å². The molecule has 3 N–H and O–H groups in total. The van der Waals surface area contributed by atoms with Crippen LogP contribution in [0.1, 0.15) is 0 Å². The summed E-state index contributed by atoms with van der Waals surface area (Å²) in [5.41, 5.74) is 6.23. The Bertz CT molecular complexity index is 478. The number of pyridine rings is 2. The molecular weight excluding hydrogens is 180 g/mol. The molecule has 70 valence electrons. The van der Waals surface area contributed by atoms with Crippen molar-refractivity contribution in [3.63, 3.8) is 0 Å². The van der Waals surface area contributed by atoms with Gasteiger partial charge in [-0.1, -0.05) is 0 Å². The van der Waals surface area contributed by atoms with Crippen molar-refractivity contribution in [3.05, 3.63) is 30.6 Å². The molecular formula is C9H8N4O. The van der Waals surface area contributed by atoms with Crippen LogP contribution in [0.25, 0.3) is 11.0 Å². The number of fused-ring (bicyclic) bond motifs is 1. The second kappa shape index (κ2) is 3.29. The number of urea groups is 1. The number of amides is 2. The number of hydrogen-bond donors (Lipinski definition) is 2. The van der Waals surface area contributed by atoms with Crippen molar-refractivity contribution in [2.45, 2.75) is 0 Å². The van der Waals surface area contributed by atoms with Gasteiger partial charge in [0.2, 0.25) is 0 Å². The molecule has 2 aromatic heterocycles. The first-order valence-corrected chi connectivity index (χ1v) is 4.03. The minimum Gasteiger partial charge on any atom is -0.351 e. The molecule has 0 aliphatic rings. The number of primary amides is 1. The Kier molecular flexibility index (Phi) is 1.98. The predicted octanol–water partition coefficient (Wildman–Crippen LogP) is 1.12. The van der Waals surface area contributed by atoms with E-state index in [9.17, 15) is 4.79 Å². The quantitative estimate of drug-likeness (QED) is 0.703. The van der Waals surface area contributed by atoms with Gasteiger partial charge in [-0.3, -0.25) is 0 Å². The summed E-state index contributed by atoms with van der Waals surface area (Å²) < 4.78 is 0. The average Bonchev–Trinajstić information content (AvgIpc) is 2.18. The Balaban J connectivity index is 2.59. The van der Waals surface area contributed by atoms with Gasteiger partial charge in [-0.15, -0.1) is 0 Å². The molecule has 2 aromatic rings. The zero-order chi connectivity index (χ0) is 9.97. The van der Waals surface area contributed by atoms with Crippen molar-refractivity contribution in [3.8, 4) is 0 Å². The minimum atomic E-state index is -0.596. The monoisotopic (exact) mass is 188 g/mol. The van der Waals surface area contributed by atoms with Crippen molar-refractivity contribution in [2.24, 2.45) is 5.73 Å². The Hall–Kier alpha value is -2.17. The van der Waals surface area contributed by atoms with Crippen LogP contribution in [0.15, 0.2) is 30.6 Å². The van der Waals surface area contributed by atoms with Crippen molar-refractivity contribution in [1.29, 1.82) is 0 Å². The fourth-order valence-electron chi connectivity index (χ4n) is 1.22. The van der Waals surface area contributed by atoms with Crippen LogP contribution in [-0.4, -0.2) is 16.0 Å². The molecule has 5 heteroatoms. The second-order valence-corrected chi connectivity index (χ2v) is 2.72. The van der Waals surface area contributed by atoms with Gasteiger partial charge in [0.1, 0.15) is 0 Å². The smallest absolute Gasteiger partial charge is 0.316 e. The van der Waals surface area contributed by atoms with E-state index in [2.05, 4.69) is 15.3 Å². The van der Waals surface area contributed by atoms with E-state index in [1.54, 1.807) is 24.5 Å². The first-order valence-electron chi connectivity index (χ1n) is 4.03. The van der Waals surface area contributed by atoms with Gasteiger partial charge in [0, 0.05) is 17.8 Å². The van der Waals surface area contributed by atoms with Crippen LogP contribution in [0, 0.1) is 0 Å². The third-order valence-corrected chi connectivity index (χ3v) is 1.77. The van der Waals surface area contributed by atoms with E-state index < -0.39 is 6.03 Å². The molecule has 0 aliphatic carbocycles. The van der Waals surface area contributed by atoms with Crippen LogP contribution < -0.4 is 11.1 Å². The predicted molar refractivity (Wildman–Crippen MR) is 52.7 cm³/mol. The van der Waals surface area contributed by atoms with Crippen LogP contribution in [0.3, 0.4) is 0 Å². The lowest BCUT2D eigenvalue weighted by atomic mass is 10.2. The molecule has 0 aliphatic heterocycles. The molecule has 0 unspecified atom stereocenters. The Morgan fingerprint density at radius 3 is 2.86 bits per heavy atom. The van der Waals surface area contributed by atoms with Gasteiger partial charge in [0.15, 0.2) is 5.65 Å². The summed E-state index contributed by atoms with van der Waals surface area (Å²) in [5.74, 6) is 0. The van der Waals surface area contributed by atoms with Crippen molar-refractivity contribution in [1.82, 2.24) is 9.97 Å². The van der Waals surface area contributed by atoms with E-state index in [1.165, 1.54) is 0 Å². The Morgan fingerprint density at radius 2 is 2.07 bits per heavy atom. The van der Waals surface area contributed by atoms with Gasteiger partial charge < -0.3 is 11.1 Å². The number of hydrogen-bond acceptors (Lipinski definition) is 3. The molecule has 2 heterocycles. The SMILES string of the molecule is NC(=O)Nc1ccnc2ncccc12.